The van der Waals surface area contributed by atoms with Crippen LogP contribution >= 0.6 is 0 Å². The second-order valence-corrected chi connectivity index (χ2v) is 4.97. The number of anilines is 2. The van der Waals surface area contributed by atoms with Gasteiger partial charge in [-0.25, -0.2) is 9.97 Å². The Balaban J connectivity index is 2.03. The Labute approximate surface area is 110 Å². The van der Waals surface area contributed by atoms with Crippen LogP contribution in [-0.4, -0.2) is 29.1 Å². The Morgan fingerprint density at radius 2 is 2.11 bits per heavy atom. The summed E-state index contributed by atoms with van der Waals surface area (Å²) in [6, 6.07) is 2.80. The number of hydrogen-bond donors (Lipinski definition) is 1. The minimum atomic E-state index is 0.713. The molecule has 0 bridgehead atoms. The largest absolute Gasteiger partial charge is 0.370 e. The molecule has 0 saturated heterocycles. The highest BCUT2D eigenvalue weighted by atomic mass is 15.2. The molecule has 4 heteroatoms. The van der Waals surface area contributed by atoms with Crippen LogP contribution in [0.5, 0.6) is 0 Å². The molecule has 1 N–H and O–H groups in total. The van der Waals surface area contributed by atoms with Crippen LogP contribution in [0.3, 0.4) is 0 Å². The maximum absolute atomic E-state index is 4.44. The summed E-state index contributed by atoms with van der Waals surface area (Å²) in [4.78, 5) is 11.2. The molecule has 1 aliphatic rings. The number of nitrogens with one attached hydrogen (secondary N) is 1. The molecule has 1 heterocycles. The van der Waals surface area contributed by atoms with Gasteiger partial charge in [-0.1, -0.05) is 20.3 Å². The molecular formula is C14H24N4. The lowest BCUT2D eigenvalue weighted by Crippen LogP contribution is -2.27. The highest BCUT2D eigenvalue weighted by Gasteiger charge is 2.29. The molecule has 0 radical (unpaired) electrons. The fourth-order valence-corrected chi connectivity index (χ4v) is 2.05. The molecule has 0 spiro atoms. The Morgan fingerprint density at radius 3 is 2.78 bits per heavy atom. The van der Waals surface area contributed by atoms with Crippen LogP contribution in [0.15, 0.2) is 12.4 Å². The maximum atomic E-state index is 4.44. The van der Waals surface area contributed by atoms with Gasteiger partial charge in [-0.3, -0.25) is 0 Å². The van der Waals surface area contributed by atoms with Crippen molar-refractivity contribution in [2.24, 2.45) is 0 Å². The van der Waals surface area contributed by atoms with Crippen LogP contribution < -0.4 is 10.2 Å². The average Bonchev–Trinajstić information content (AvgIpc) is 3.22. The fourth-order valence-electron chi connectivity index (χ4n) is 2.05. The van der Waals surface area contributed by atoms with Crippen LogP contribution in [0.25, 0.3) is 0 Å². The first-order valence-corrected chi connectivity index (χ1v) is 7.17. The molecule has 18 heavy (non-hydrogen) atoms. The van der Waals surface area contributed by atoms with Gasteiger partial charge in [0.1, 0.15) is 18.0 Å². The first-order valence-electron chi connectivity index (χ1n) is 7.17. The zero-order valence-electron chi connectivity index (χ0n) is 11.5. The molecule has 1 aliphatic carbocycles. The van der Waals surface area contributed by atoms with Gasteiger partial charge in [-0.15, -0.1) is 0 Å². The summed E-state index contributed by atoms with van der Waals surface area (Å²) in [6.07, 6.45) is 7.88. The zero-order chi connectivity index (χ0) is 12.8. The summed E-state index contributed by atoms with van der Waals surface area (Å²) >= 11 is 0. The molecule has 0 aromatic carbocycles. The third-order valence-electron chi connectivity index (χ3n) is 3.24. The lowest BCUT2D eigenvalue weighted by atomic mass is 10.3. The predicted octanol–water partition coefficient (Wildman–Crippen LogP) is 3.07. The smallest absolute Gasteiger partial charge is 0.134 e. The van der Waals surface area contributed by atoms with Gasteiger partial charge in [-0.2, -0.15) is 0 Å². The molecule has 1 aromatic heterocycles. The minimum absolute atomic E-state index is 0.713. The van der Waals surface area contributed by atoms with Crippen molar-refractivity contribution >= 4 is 11.6 Å². The zero-order valence-corrected chi connectivity index (χ0v) is 11.5. The number of aromatic nitrogens is 2. The van der Waals surface area contributed by atoms with E-state index in [1.54, 1.807) is 6.33 Å². The predicted molar refractivity (Wildman–Crippen MR) is 76.1 cm³/mol. The standard InChI is InChI=1S/C14H24N4/c1-3-5-9-18(12-6-7-12)14-10-13(15-8-4-2)16-11-17-14/h10-12H,3-9H2,1-2H3,(H,15,16,17). The quantitative estimate of drug-likeness (QED) is 0.767. The molecule has 1 aromatic rings. The number of rotatable bonds is 8. The normalized spacial score (nSPS) is 14.6. The van der Waals surface area contributed by atoms with Gasteiger partial charge in [-0.05, 0) is 25.7 Å². The summed E-state index contributed by atoms with van der Waals surface area (Å²) in [5.41, 5.74) is 0. The molecule has 2 rings (SSSR count). The van der Waals surface area contributed by atoms with E-state index < -0.39 is 0 Å². The van der Waals surface area contributed by atoms with Crippen molar-refractivity contribution in [3.8, 4) is 0 Å². The number of hydrogen-bond acceptors (Lipinski definition) is 4. The summed E-state index contributed by atoms with van der Waals surface area (Å²) in [5.74, 6) is 2.03. The minimum Gasteiger partial charge on any atom is -0.370 e. The molecular weight excluding hydrogens is 224 g/mol. The Hall–Kier alpha value is -1.32. The topological polar surface area (TPSA) is 41.0 Å². The van der Waals surface area contributed by atoms with E-state index in [1.807, 2.05) is 0 Å². The lowest BCUT2D eigenvalue weighted by molar-refractivity contribution is 0.703. The summed E-state index contributed by atoms with van der Waals surface area (Å²) < 4.78 is 0. The second kappa shape index (κ2) is 6.57. The van der Waals surface area contributed by atoms with E-state index >= 15 is 0 Å². The van der Waals surface area contributed by atoms with Gasteiger partial charge in [0.25, 0.3) is 0 Å². The van der Waals surface area contributed by atoms with E-state index in [9.17, 15) is 0 Å². The van der Waals surface area contributed by atoms with E-state index in [0.717, 1.165) is 31.1 Å². The summed E-state index contributed by atoms with van der Waals surface area (Å²) in [5, 5.41) is 3.33. The Morgan fingerprint density at radius 1 is 1.28 bits per heavy atom. The highest BCUT2D eigenvalue weighted by Crippen LogP contribution is 2.31. The summed E-state index contributed by atoms with van der Waals surface area (Å²) in [7, 11) is 0. The van der Waals surface area contributed by atoms with Crippen LogP contribution in [0.4, 0.5) is 11.6 Å². The van der Waals surface area contributed by atoms with Gasteiger partial charge in [0.15, 0.2) is 0 Å². The van der Waals surface area contributed by atoms with E-state index in [1.165, 1.54) is 25.7 Å². The van der Waals surface area contributed by atoms with Crippen LogP contribution in [-0.2, 0) is 0 Å². The van der Waals surface area contributed by atoms with Crippen molar-refractivity contribution in [2.45, 2.75) is 52.0 Å². The molecule has 1 fully saturated rings. The fraction of sp³-hybridized carbons (Fsp3) is 0.714. The first kappa shape index (κ1) is 13.1. The Bertz CT molecular complexity index is 363. The van der Waals surface area contributed by atoms with Crippen molar-refractivity contribution in [2.75, 3.05) is 23.3 Å². The van der Waals surface area contributed by atoms with Gasteiger partial charge >= 0.3 is 0 Å². The van der Waals surface area contributed by atoms with Crippen molar-refractivity contribution in [1.82, 2.24) is 9.97 Å². The van der Waals surface area contributed by atoms with Crippen LogP contribution in [0.2, 0.25) is 0 Å². The molecule has 0 atom stereocenters. The van der Waals surface area contributed by atoms with E-state index in [-0.39, 0.29) is 0 Å². The van der Waals surface area contributed by atoms with Crippen molar-refractivity contribution in [3.05, 3.63) is 12.4 Å². The molecule has 0 amide bonds. The molecule has 0 aliphatic heterocycles. The van der Waals surface area contributed by atoms with Crippen LogP contribution in [0.1, 0.15) is 46.0 Å². The van der Waals surface area contributed by atoms with Crippen LogP contribution in [0, 0.1) is 0 Å². The van der Waals surface area contributed by atoms with Gasteiger partial charge < -0.3 is 10.2 Å². The van der Waals surface area contributed by atoms with Crippen molar-refractivity contribution in [3.63, 3.8) is 0 Å². The van der Waals surface area contributed by atoms with Crippen molar-refractivity contribution < 1.29 is 0 Å². The van der Waals surface area contributed by atoms with Gasteiger partial charge in [0.05, 0.1) is 0 Å². The monoisotopic (exact) mass is 248 g/mol. The molecule has 0 unspecified atom stereocenters. The maximum Gasteiger partial charge on any atom is 0.134 e. The van der Waals surface area contributed by atoms with E-state index in [4.69, 9.17) is 0 Å². The Kier molecular flexibility index (Phi) is 4.79. The third-order valence-corrected chi connectivity index (χ3v) is 3.24. The van der Waals surface area contributed by atoms with Gasteiger partial charge in [0, 0.05) is 25.2 Å². The second-order valence-electron chi connectivity index (χ2n) is 4.97. The molecule has 100 valence electrons. The van der Waals surface area contributed by atoms with Gasteiger partial charge in [0.2, 0.25) is 0 Å². The SMILES string of the molecule is CCCCN(c1cc(NCCC)ncn1)C1CC1. The molecule has 1 saturated carbocycles. The molecule has 4 nitrogen and oxygen atoms in total. The van der Waals surface area contributed by atoms with E-state index in [2.05, 4.69) is 40.1 Å². The summed E-state index contributed by atoms with van der Waals surface area (Å²) in [6.45, 7) is 6.48. The third kappa shape index (κ3) is 3.59. The lowest BCUT2D eigenvalue weighted by Gasteiger charge is -2.23. The number of unbranched alkanes of at least 4 members (excludes halogenated alkanes) is 1. The first-order chi connectivity index (χ1) is 8.85. The number of nitrogens with zero attached hydrogens (tertiary/aromatic N) is 3. The highest BCUT2D eigenvalue weighted by molar-refractivity contribution is 5.49. The van der Waals surface area contributed by atoms with E-state index in [0.29, 0.717) is 6.04 Å². The average molecular weight is 248 g/mol. The van der Waals surface area contributed by atoms with Crippen molar-refractivity contribution in [1.29, 1.82) is 0 Å².